The third kappa shape index (κ3) is 8.78. The molecule has 11 aromatic rings. The fourth-order valence-corrected chi connectivity index (χ4v) is 10.3. The van der Waals surface area contributed by atoms with E-state index in [0.29, 0.717) is 0 Å². The molecule has 1 atom stereocenters. The predicted octanol–water partition coefficient (Wildman–Crippen LogP) is 19.1. The minimum absolute atomic E-state index is 0.199. The van der Waals surface area contributed by atoms with Gasteiger partial charge >= 0.3 is 0 Å². The molecule has 0 N–H and O–H groups in total. The molecule has 0 aromatic heterocycles. The Labute approximate surface area is 422 Å². The maximum Gasteiger partial charge on any atom is 0.0560 e. The summed E-state index contributed by atoms with van der Waals surface area (Å²) in [5.41, 5.74) is 14.5. The number of para-hydroxylation sites is 3. The summed E-state index contributed by atoms with van der Waals surface area (Å²) in [6.45, 7) is 0. The third-order valence-electron chi connectivity index (χ3n) is 13.7. The normalized spacial score (nSPS) is 13.0. The second-order valence-electron chi connectivity index (χ2n) is 18.1. The second kappa shape index (κ2) is 19.9. The highest BCUT2D eigenvalue weighted by molar-refractivity contribution is 5.99. The van der Waals surface area contributed by atoms with Crippen molar-refractivity contribution in [3.8, 4) is 11.1 Å². The van der Waals surface area contributed by atoms with E-state index in [1.54, 1.807) is 0 Å². The number of fused-ring (bicyclic) bond motifs is 2. The van der Waals surface area contributed by atoms with Crippen LogP contribution in [0.25, 0.3) is 32.7 Å². The average Bonchev–Trinajstić information content (AvgIpc) is 3.46. The Morgan fingerprint density at radius 2 is 0.611 bits per heavy atom. The molecule has 72 heavy (non-hydrogen) atoms. The summed E-state index contributed by atoms with van der Waals surface area (Å²) in [7, 11) is 0. The van der Waals surface area contributed by atoms with Crippen LogP contribution in [0, 0.1) is 0 Å². The lowest BCUT2D eigenvalue weighted by atomic mass is 10.0. The summed E-state index contributed by atoms with van der Waals surface area (Å²) >= 11 is 0. The van der Waals surface area contributed by atoms with Gasteiger partial charge in [-0.2, -0.15) is 0 Å². The van der Waals surface area contributed by atoms with E-state index in [-0.39, 0.29) is 6.04 Å². The fraction of sp³-hybridized carbons (Fsp3) is 0.0294. The Morgan fingerprint density at radius 1 is 0.264 bits per heavy atom. The van der Waals surface area contributed by atoms with Gasteiger partial charge in [-0.15, -0.1) is 0 Å². The molecule has 1 unspecified atom stereocenters. The molecule has 0 saturated carbocycles. The highest BCUT2D eigenvalue weighted by atomic mass is 15.2. The number of anilines is 11. The van der Waals surface area contributed by atoms with Crippen molar-refractivity contribution >= 4 is 84.1 Å². The van der Waals surface area contributed by atoms with Crippen molar-refractivity contribution in [2.24, 2.45) is 0 Å². The Bertz CT molecular complexity index is 3640. The van der Waals surface area contributed by atoms with E-state index in [1.165, 1.54) is 27.2 Å². The van der Waals surface area contributed by atoms with E-state index in [0.717, 1.165) is 74.4 Å². The largest absolute Gasteiger partial charge is 0.334 e. The van der Waals surface area contributed by atoms with Gasteiger partial charge in [-0.25, -0.2) is 0 Å². The van der Waals surface area contributed by atoms with Gasteiger partial charge in [0.1, 0.15) is 0 Å². The number of benzene rings is 11. The van der Waals surface area contributed by atoms with Crippen molar-refractivity contribution in [1.82, 2.24) is 0 Å². The van der Waals surface area contributed by atoms with E-state index in [1.807, 2.05) is 0 Å². The summed E-state index contributed by atoms with van der Waals surface area (Å²) in [4.78, 5) is 9.51. The van der Waals surface area contributed by atoms with Gasteiger partial charge in [0.15, 0.2) is 0 Å². The molecule has 0 radical (unpaired) electrons. The molecule has 0 fully saturated rings. The molecule has 4 heteroatoms. The highest BCUT2D eigenvalue weighted by Gasteiger charge is 2.23. The molecule has 1 aliphatic carbocycles. The second-order valence-corrected chi connectivity index (χ2v) is 18.1. The first-order valence-corrected chi connectivity index (χ1v) is 24.8. The molecule has 0 spiro atoms. The van der Waals surface area contributed by atoms with Crippen molar-refractivity contribution in [2.75, 3.05) is 19.6 Å². The van der Waals surface area contributed by atoms with Crippen LogP contribution in [-0.4, -0.2) is 6.04 Å². The molecule has 4 nitrogen and oxygen atoms in total. The predicted molar refractivity (Wildman–Crippen MR) is 306 cm³/mol. The fourth-order valence-electron chi connectivity index (χ4n) is 10.3. The molecular weight excluding hydrogens is 873 g/mol. The lowest BCUT2D eigenvalue weighted by Crippen LogP contribution is -2.30. The minimum Gasteiger partial charge on any atom is -0.334 e. The number of nitrogens with zero attached hydrogens (tertiary/aromatic N) is 4. The Balaban J connectivity index is 0.838. The number of allylic oxidation sites excluding steroid dienone is 2. The van der Waals surface area contributed by atoms with Crippen LogP contribution in [0.1, 0.15) is 6.42 Å². The average molecular weight is 925 g/mol. The zero-order chi connectivity index (χ0) is 48.1. The first-order chi connectivity index (χ1) is 35.7. The lowest BCUT2D eigenvalue weighted by Gasteiger charge is -2.34. The summed E-state index contributed by atoms with van der Waals surface area (Å²) in [6, 6.07) is 98.4. The van der Waals surface area contributed by atoms with Crippen LogP contribution >= 0.6 is 0 Å². The van der Waals surface area contributed by atoms with E-state index in [4.69, 9.17) is 0 Å². The van der Waals surface area contributed by atoms with Crippen LogP contribution in [-0.2, 0) is 0 Å². The van der Waals surface area contributed by atoms with Crippen molar-refractivity contribution in [3.05, 3.63) is 297 Å². The van der Waals surface area contributed by atoms with E-state index >= 15 is 0 Å². The third-order valence-corrected chi connectivity index (χ3v) is 13.7. The van der Waals surface area contributed by atoms with Gasteiger partial charge < -0.3 is 19.6 Å². The molecule has 0 aliphatic heterocycles. The monoisotopic (exact) mass is 924 g/mol. The Morgan fingerprint density at radius 3 is 1.07 bits per heavy atom. The number of hydrogen-bond acceptors (Lipinski definition) is 4. The van der Waals surface area contributed by atoms with Gasteiger partial charge in [-0.1, -0.05) is 176 Å². The van der Waals surface area contributed by atoms with Crippen LogP contribution in [0.15, 0.2) is 297 Å². The van der Waals surface area contributed by atoms with Crippen LogP contribution < -0.4 is 19.6 Å². The number of rotatable bonds is 13. The quantitative estimate of drug-likeness (QED) is 0.114. The SMILES string of the molecule is C1=CCC(N(c2ccc(N(c3ccccc3)c3ccc(-c4ccc(N(c5ccccc5)c5ccc(N(c6ccccc6)c6cccc7ccccc67)cc5)cc4)cc3)cc2)c2cccc3ccccc23)C=C1. The van der Waals surface area contributed by atoms with Gasteiger partial charge in [-0.3, -0.25) is 0 Å². The van der Waals surface area contributed by atoms with Crippen molar-refractivity contribution in [3.63, 3.8) is 0 Å². The molecular formula is C68H52N4. The summed E-state index contributed by atoms with van der Waals surface area (Å²) in [5, 5.41) is 4.90. The molecule has 0 bridgehead atoms. The van der Waals surface area contributed by atoms with E-state index in [9.17, 15) is 0 Å². The smallest absolute Gasteiger partial charge is 0.0560 e. The van der Waals surface area contributed by atoms with Crippen LogP contribution in [0.5, 0.6) is 0 Å². The van der Waals surface area contributed by atoms with E-state index in [2.05, 4.69) is 317 Å². The zero-order valence-electron chi connectivity index (χ0n) is 39.9. The minimum atomic E-state index is 0.199. The maximum absolute atomic E-state index is 2.49. The standard InChI is InChI=1S/C68H52N4/c1-5-23-55(24-6-1)69(61-43-47-63(48-44-61)71(57-27-9-3-10-28-57)67-33-17-21-53-19-13-15-31-65(53)67)59-39-35-51(36-40-59)52-37-41-60(42-38-52)70(56-25-7-2-8-26-56)62-45-49-64(50-46-62)72(58-29-11-4-12-30-58)68-34-18-22-54-20-14-16-32-66(54)68/h1-29,31-50,58H,30H2. The summed E-state index contributed by atoms with van der Waals surface area (Å²) in [5.74, 6) is 0. The first-order valence-electron chi connectivity index (χ1n) is 24.8. The number of hydrogen-bond donors (Lipinski definition) is 0. The summed E-state index contributed by atoms with van der Waals surface area (Å²) in [6.07, 6.45) is 9.83. The van der Waals surface area contributed by atoms with Crippen molar-refractivity contribution in [1.29, 1.82) is 0 Å². The van der Waals surface area contributed by atoms with Gasteiger partial charge in [0.05, 0.1) is 11.7 Å². The highest BCUT2D eigenvalue weighted by Crippen LogP contribution is 2.43. The topological polar surface area (TPSA) is 13.0 Å². The van der Waals surface area contributed by atoms with Gasteiger partial charge in [0.2, 0.25) is 0 Å². The van der Waals surface area contributed by atoms with Crippen LogP contribution in [0.3, 0.4) is 0 Å². The molecule has 1 aliphatic rings. The van der Waals surface area contributed by atoms with Gasteiger partial charge in [-0.05, 0) is 150 Å². The first kappa shape index (κ1) is 43.9. The van der Waals surface area contributed by atoms with Crippen molar-refractivity contribution in [2.45, 2.75) is 12.5 Å². The van der Waals surface area contributed by atoms with E-state index < -0.39 is 0 Å². The van der Waals surface area contributed by atoms with Crippen LogP contribution in [0.4, 0.5) is 62.6 Å². The molecule has 11 aromatic carbocycles. The molecule has 0 heterocycles. The Kier molecular flexibility index (Phi) is 12.1. The molecule has 0 amide bonds. The van der Waals surface area contributed by atoms with Crippen molar-refractivity contribution < 1.29 is 0 Å². The zero-order valence-corrected chi connectivity index (χ0v) is 39.9. The lowest BCUT2D eigenvalue weighted by molar-refractivity contribution is 0.787. The molecule has 344 valence electrons. The summed E-state index contributed by atoms with van der Waals surface area (Å²) < 4.78 is 0. The molecule has 12 rings (SSSR count). The van der Waals surface area contributed by atoms with Gasteiger partial charge in [0, 0.05) is 67.6 Å². The Hall–Kier alpha value is -9.38. The van der Waals surface area contributed by atoms with Gasteiger partial charge in [0.25, 0.3) is 0 Å². The maximum atomic E-state index is 2.49. The van der Waals surface area contributed by atoms with Crippen LogP contribution in [0.2, 0.25) is 0 Å². The molecule has 0 saturated heterocycles.